The summed E-state index contributed by atoms with van der Waals surface area (Å²) in [7, 11) is 0. The Kier molecular flexibility index (Phi) is 5.85. The molecule has 1 rings (SSSR count). The van der Waals surface area contributed by atoms with Gasteiger partial charge in [0, 0.05) is 26.2 Å². The minimum absolute atomic E-state index is 0.0383. The maximum atomic E-state index is 12.4. The molecule has 18 heavy (non-hydrogen) atoms. The highest BCUT2D eigenvalue weighted by molar-refractivity contribution is 5.92. The number of aromatic nitrogens is 2. The maximum Gasteiger partial charge on any atom is 0.272 e. The first-order valence-corrected chi connectivity index (χ1v) is 6.73. The van der Waals surface area contributed by atoms with Gasteiger partial charge in [-0.1, -0.05) is 13.8 Å². The van der Waals surface area contributed by atoms with Crippen LogP contribution < -0.4 is 5.73 Å². The van der Waals surface area contributed by atoms with Crippen LogP contribution in [0.25, 0.3) is 0 Å². The van der Waals surface area contributed by atoms with Gasteiger partial charge in [0.15, 0.2) is 0 Å². The number of rotatable bonds is 7. The molecule has 0 aliphatic carbocycles. The molecule has 1 aromatic rings. The molecule has 0 saturated carbocycles. The van der Waals surface area contributed by atoms with Gasteiger partial charge in [-0.2, -0.15) is 5.10 Å². The molecule has 102 valence electrons. The Balaban J connectivity index is 2.95. The average molecular weight is 252 g/mol. The van der Waals surface area contributed by atoms with Gasteiger partial charge in [-0.3, -0.25) is 9.48 Å². The summed E-state index contributed by atoms with van der Waals surface area (Å²) in [4.78, 5) is 14.3. The van der Waals surface area contributed by atoms with Crippen LogP contribution in [0.1, 0.15) is 43.4 Å². The second kappa shape index (κ2) is 7.16. The third-order valence-electron chi connectivity index (χ3n) is 2.89. The van der Waals surface area contributed by atoms with Gasteiger partial charge in [-0.05, 0) is 25.8 Å². The van der Waals surface area contributed by atoms with Crippen molar-refractivity contribution >= 4 is 5.91 Å². The zero-order valence-corrected chi connectivity index (χ0v) is 11.6. The molecule has 1 aromatic heterocycles. The second-order valence-corrected chi connectivity index (χ2v) is 4.27. The predicted molar refractivity (Wildman–Crippen MR) is 72.5 cm³/mol. The van der Waals surface area contributed by atoms with Gasteiger partial charge in [0.2, 0.25) is 0 Å². The summed E-state index contributed by atoms with van der Waals surface area (Å²) in [6.07, 6.45) is 1.78. The molecule has 1 heterocycles. The molecule has 1 amide bonds. The maximum absolute atomic E-state index is 12.4. The zero-order chi connectivity index (χ0) is 13.5. The van der Waals surface area contributed by atoms with Crippen molar-refractivity contribution in [2.75, 3.05) is 19.6 Å². The summed E-state index contributed by atoms with van der Waals surface area (Å²) >= 11 is 0. The molecule has 5 heteroatoms. The molecule has 5 nitrogen and oxygen atoms in total. The standard InChI is InChI=1S/C13H24N4O/c1-4-8-16(9-7-14)13(18)12-10-11(5-2)15-17(12)6-3/h10H,4-9,14H2,1-3H3. The molecule has 0 bridgehead atoms. The van der Waals surface area contributed by atoms with Crippen molar-refractivity contribution in [3.05, 3.63) is 17.5 Å². The smallest absolute Gasteiger partial charge is 0.272 e. The summed E-state index contributed by atoms with van der Waals surface area (Å²) in [5, 5.41) is 4.41. The van der Waals surface area contributed by atoms with Crippen molar-refractivity contribution in [2.24, 2.45) is 5.73 Å². The van der Waals surface area contributed by atoms with Gasteiger partial charge >= 0.3 is 0 Å². The van der Waals surface area contributed by atoms with E-state index in [0.29, 0.717) is 25.3 Å². The van der Waals surface area contributed by atoms with Gasteiger partial charge in [-0.25, -0.2) is 0 Å². The number of carbonyl (C=O) groups is 1. The number of hydrogen-bond donors (Lipinski definition) is 1. The number of hydrogen-bond acceptors (Lipinski definition) is 3. The summed E-state index contributed by atoms with van der Waals surface area (Å²) in [6.45, 7) is 8.65. The molecule has 0 saturated heterocycles. The Morgan fingerprint density at radius 2 is 2.11 bits per heavy atom. The summed E-state index contributed by atoms with van der Waals surface area (Å²) in [5.41, 5.74) is 7.20. The van der Waals surface area contributed by atoms with Crippen LogP contribution in [-0.4, -0.2) is 40.2 Å². The van der Waals surface area contributed by atoms with Crippen molar-refractivity contribution in [3.8, 4) is 0 Å². The molecule has 0 spiro atoms. The van der Waals surface area contributed by atoms with E-state index in [1.54, 1.807) is 4.68 Å². The first-order valence-electron chi connectivity index (χ1n) is 6.73. The molecule has 0 fully saturated rings. The van der Waals surface area contributed by atoms with Crippen molar-refractivity contribution in [1.82, 2.24) is 14.7 Å². The van der Waals surface area contributed by atoms with Gasteiger partial charge < -0.3 is 10.6 Å². The minimum Gasteiger partial charge on any atom is -0.336 e. The van der Waals surface area contributed by atoms with Crippen molar-refractivity contribution in [3.63, 3.8) is 0 Å². The van der Waals surface area contributed by atoms with Crippen LogP contribution in [0.15, 0.2) is 6.07 Å². The fourth-order valence-corrected chi connectivity index (χ4v) is 1.96. The van der Waals surface area contributed by atoms with Crippen LogP contribution in [0.5, 0.6) is 0 Å². The van der Waals surface area contributed by atoms with E-state index in [4.69, 9.17) is 5.73 Å². The first kappa shape index (κ1) is 14.7. The van der Waals surface area contributed by atoms with Crippen LogP contribution in [0.3, 0.4) is 0 Å². The van der Waals surface area contributed by atoms with E-state index in [1.807, 2.05) is 24.8 Å². The fourth-order valence-electron chi connectivity index (χ4n) is 1.96. The predicted octanol–water partition coefficient (Wildman–Crippen LogP) is 1.28. The van der Waals surface area contributed by atoms with E-state index < -0.39 is 0 Å². The summed E-state index contributed by atoms with van der Waals surface area (Å²) < 4.78 is 1.78. The van der Waals surface area contributed by atoms with Crippen LogP contribution in [0.4, 0.5) is 0 Å². The molecular weight excluding hydrogens is 228 g/mol. The molecule has 2 N–H and O–H groups in total. The Hall–Kier alpha value is -1.36. The van der Waals surface area contributed by atoms with E-state index in [9.17, 15) is 4.79 Å². The number of carbonyl (C=O) groups excluding carboxylic acids is 1. The number of nitrogens with two attached hydrogens (primary N) is 1. The Bertz CT molecular complexity index is 380. The van der Waals surface area contributed by atoms with E-state index in [-0.39, 0.29) is 5.91 Å². The van der Waals surface area contributed by atoms with Gasteiger partial charge in [0.25, 0.3) is 5.91 Å². The van der Waals surface area contributed by atoms with Crippen LogP contribution in [-0.2, 0) is 13.0 Å². The molecule has 0 atom stereocenters. The topological polar surface area (TPSA) is 64.2 Å². The van der Waals surface area contributed by atoms with E-state index in [0.717, 1.165) is 25.1 Å². The Morgan fingerprint density at radius 3 is 2.61 bits per heavy atom. The summed E-state index contributed by atoms with van der Waals surface area (Å²) in [6, 6.07) is 1.89. The van der Waals surface area contributed by atoms with Crippen LogP contribution >= 0.6 is 0 Å². The SMILES string of the molecule is CCCN(CCN)C(=O)c1cc(CC)nn1CC. The second-order valence-electron chi connectivity index (χ2n) is 4.27. The van der Waals surface area contributed by atoms with Crippen molar-refractivity contribution in [2.45, 2.75) is 40.2 Å². The fraction of sp³-hybridized carbons (Fsp3) is 0.692. The monoisotopic (exact) mass is 252 g/mol. The highest BCUT2D eigenvalue weighted by Gasteiger charge is 2.19. The first-order chi connectivity index (χ1) is 8.67. The zero-order valence-electron chi connectivity index (χ0n) is 11.6. The lowest BCUT2D eigenvalue weighted by atomic mass is 10.2. The van der Waals surface area contributed by atoms with Crippen molar-refractivity contribution in [1.29, 1.82) is 0 Å². The molecular formula is C13H24N4O. The number of aryl methyl sites for hydroxylation is 2. The molecule has 0 radical (unpaired) electrons. The third-order valence-corrected chi connectivity index (χ3v) is 2.89. The van der Waals surface area contributed by atoms with Crippen molar-refractivity contribution < 1.29 is 4.79 Å². The van der Waals surface area contributed by atoms with Gasteiger partial charge in [-0.15, -0.1) is 0 Å². The normalized spacial score (nSPS) is 10.7. The minimum atomic E-state index is 0.0383. The quantitative estimate of drug-likeness (QED) is 0.795. The lowest BCUT2D eigenvalue weighted by Gasteiger charge is -2.21. The lowest BCUT2D eigenvalue weighted by molar-refractivity contribution is 0.0748. The van der Waals surface area contributed by atoms with E-state index in [2.05, 4.69) is 12.0 Å². The summed E-state index contributed by atoms with van der Waals surface area (Å²) in [5.74, 6) is 0.0383. The molecule has 0 aliphatic heterocycles. The van der Waals surface area contributed by atoms with E-state index in [1.165, 1.54) is 0 Å². The van der Waals surface area contributed by atoms with Crippen LogP contribution in [0, 0.1) is 0 Å². The van der Waals surface area contributed by atoms with Gasteiger partial charge in [0.1, 0.15) is 5.69 Å². The Labute approximate surface area is 109 Å². The van der Waals surface area contributed by atoms with E-state index >= 15 is 0 Å². The third kappa shape index (κ3) is 3.32. The molecule has 0 aromatic carbocycles. The highest BCUT2D eigenvalue weighted by Crippen LogP contribution is 2.09. The highest BCUT2D eigenvalue weighted by atomic mass is 16.2. The average Bonchev–Trinajstić information content (AvgIpc) is 2.81. The van der Waals surface area contributed by atoms with Crippen LogP contribution in [0.2, 0.25) is 0 Å². The largest absolute Gasteiger partial charge is 0.336 e. The number of nitrogens with zero attached hydrogens (tertiary/aromatic N) is 3. The molecule has 0 unspecified atom stereocenters. The number of amides is 1. The molecule has 0 aliphatic rings. The lowest BCUT2D eigenvalue weighted by Crippen LogP contribution is -2.37. The van der Waals surface area contributed by atoms with Gasteiger partial charge in [0.05, 0.1) is 5.69 Å². The Morgan fingerprint density at radius 1 is 1.39 bits per heavy atom.